The Morgan fingerprint density at radius 1 is 1.09 bits per heavy atom. The van der Waals surface area contributed by atoms with Crippen LogP contribution in [0.5, 0.6) is 0 Å². The number of hydrogen-bond acceptors (Lipinski definition) is 1. The van der Waals surface area contributed by atoms with Crippen molar-refractivity contribution < 1.29 is 4.79 Å². The van der Waals surface area contributed by atoms with E-state index in [0.29, 0.717) is 0 Å². The van der Waals surface area contributed by atoms with Gasteiger partial charge in [0.05, 0.1) is 5.54 Å². The van der Waals surface area contributed by atoms with Gasteiger partial charge in [-0.2, -0.15) is 0 Å². The maximum Gasteiger partial charge on any atom is 0.319 e. The second-order valence-corrected chi connectivity index (χ2v) is 6.90. The van der Waals surface area contributed by atoms with Crippen LogP contribution >= 0.6 is 15.9 Å². The van der Waals surface area contributed by atoms with E-state index in [1.54, 1.807) is 0 Å². The molecule has 0 bridgehead atoms. The fourth-order valence-corrected chi connectivity index (χ4v) is 3.10. The zero-order valence-electron chi connectivity index (χ0n) is 12.7. The van der Waals surface area contributed by atoms with Crippen LogP contribution in [0.15, 0.2) is 46.9 Å². The Hall–Kier alpha value is -1.81. The van der Waals surface area contributed by atoms with Gasteiger partial charge in [0.2, 0.25) is 0 Å². The Balaban J connectivity index is 1.70. The molecule has 2 N–H and O–H groups in total. The lowest BCUT2D eigenvalue weighted by Crippen LogP contribution is -2.38. The van der Waals surface area contributed by atoms with Gasteiger partial charge < -0.3 is 10.6 Å². The molecular formula is C18H19BrN2O. The van der Waals surface area contributed by atoms with Crippen molar-refractivity contribution in [1.29, 1.82) is 0 Å². The second-order valence-electron chi connectivity index (χ2n) is 5.99. The summed E-state index contributed by atoms with van der Waals surface area (Å²) < 4.78 is 1.01. The second kappa shape index (κ2) is 5.76. The third-order valence-electron chi connectivity index (χ3n) is 4.14. The minimum atomic E-state index is -0.193. The van der Waals surface area contributed by atoms with Gasteiger partial charge in [-0.15, -0.1) is 0 Å². The highest BCUT2D eigenvalue weighted by atomic mass is 79.9. The third-order valence-corrected chi connectivity index (χ3v) is 4.64. The van der Waals surface area contributed by atoms with Crippen molar-refractivity contribution >= 4 is 27.6 Å². The van der Waals surface area contributed by atoms with Crippen molar-refractivity contribution in [3.63, 3.8) is 0 Å². The highest BCUT2D eigenvalue weighted by Gasteiger charge is 2.45. The number of aryl methyl sites for hydroxylation is 2. The van der Waals surface area contributed by atoms with Gasteiger partial charge in [-0.05, 0) is 56.0 Å². The Morgan fingerprint density at radius 2 is 1.77 bits per heavy atom. The number of carbonyl (C=O) groups is 1. The number of hydrogen-bond donors (Lipinski definition) is 2. The number of amides is 2. The fraction of sp³-hybridized carbons (Fsp3) is 0.278. The van der Waals surface area contributed by atoms with Crippen LogP contribution in [0.25, 0.3) is 0 Å². The summed E-state index contributed by atoms with van der Waals surface area (Å²) >= 11 is 3.43. The van der Waals surface area contributed by atoms with Crippen LogP contribution in [0, 0.1) is 13.8 Å². The summed E-state index contributed by atoms with van der Waals surface area (Å²) in [5.74, 6) is 0. The van der Waals surface area contributed by atoms with E-state index in [-0.39, 0.29) is 11.6 Å². The minimum absolute atomic E-state index is 0.150. The lowest BCUT2D eigenvalue weighted by molar-refractivity contribution is 0.247. The summed E-state index contributed by atoms with van der Waals surface area (Å²) in [5.41, 5.74) is 4.08. The molecule has 0 saturated heterocycles. The molecule has 0 aromatic heterocycles. The van der Waals surface area contributed by atoms with E-state index in [4.69, 9.17) is 0 Å². The third kappa shape index (κ3) is 3.17. The SMILES string of the molecule is Cc1ccc(C2(NC(=O)Nc3ccc(Br)cc3C)CC2)cc1. The zero-order valence-corrected chi connectivity index (χ0v) is 14.3. The van der Waals surface area contributed by atoms with Gasteiger partial charge in [-0.3, -0.25) is 0 Å². The standard InChI is InChI=1S/C18H19BrN2O/c1-12-3-5-14(6-4-12)18(9-10-18)21-17(22)20-16-8-7-15(19)11-13(16)2/h3-8,11H,9-10H2,1-2H3,(H2,20,21,22). The molecule has 22 heavy (non-hydrogen) atoms. The van der Waals surface area contributed by atoms with E-state index < -0.39 is 0 Å². The molecule has 0 atom stereocenters. The number of anilines is 1. The largest absolute Gasteiger partial charge is 0.328 e. The molecule has 114 valence electrons. The first-order chi connectivity index (χ1) is 10.5. The molecular weight excluding hydrogens is 340 g/mol. The molecule has 2 aromatic rings. The summed E-state index contributed by atoms with van der Waals surface area (Å²) in [6.07, 6.45) is 1.98. The highest BCUT2D eigenvalue weighted by Crippen LogP contribution is 2.45. The minimum Gasteiger partial charge on any atom is -0.328 e. The van der Waals surface area contributed by atoms with Crippen LogP contribution in [0.3, 0.4) is 0 Å². The highest BCUT2D eigenvalue weighted by molar-refractivity contribution is 9.10. The molecule has 0 aliphatic heterocycles. The van der Waals surface area contributed by atoms with Crippen molar-refractivity contribution in [3.05, 3.63) is 63.6 Å². The maximum absolute atomic E-state index is 12.3. The van der Waals surface area contributed by atoms with Crippen LogP contribution in [0.2, 0.25) is 0 Å². The van der Waals surface area contributed by atoms with Crippen molar-refractivity contribution in [2.24, 2.45) is 0 Å². The zero-order chi connectivity index (χ0) is 15.7. The summed E-state index contributed by atoms with van der Waals surface area (Å²) in [6.45, 7) is 4.05. The Bertz CT molecular complexity index is 706. The molecule has 0 spiro atoms. The number of carbonyl (C=O) groups excluding carboxylic acids is 1. The molecule has 0 radical (unpaired) electrons. The topological polar surface area (TPSA) is 41.1 Å². The molecule has 1 aliphatic rings. The van der Waals surface area contributed by atoms with Crippen LogP contribution in [0.1, 0.15) is 29.5 Å². The molecule has 0 heterocycles. The van der Waals surface area contributed by atoms with Crippen LogP contribution < -0.4 is 10.6 Å². The number of benzene rings is 2. The molecule has 3 nitrogen and oxygen atoms in total. The van der Waals surface area contributed by atoms with E-state index in [1.807, 2.05) is 25.1 Å². The Labute approximate surface area is 139 Å². The predicted molar refractivity (Wildman–Crippen MR) is 93.1 cm³/mol. The lowest BCUT2D eigenvalue weighted by Gasteiger charge is -2.19. The van der Waals surface area contributed by atoms with Gasteiger partial charge in [0.15, 0.2) is 0 Å². The molecule has 1 aliphatic carbocycles. The summed E-state index contributed by atoms with van der Waals surface area (Å²) in [4.78, 5) is 12.3. The van der Waals surface area contributed by atoms with E-state index in [9.17, 15) is 4.79 Å². The van der Waals surface area contributed by atoms with Gasteiger partial charge in [-0.1, -0.05) is 45.8 Å². The van der Waals surface area contributed by atoms with Crippen LogP contribution in [-0.2, 0) is 5.54 Å². The van der Waals surface area contributed by atoms with Crippen LogP contribution in [-0.4, -0.2) is 6.03 Å². The summed E-state index contributed by atoms with van der Waals surface area (Å²) in [5, 5.41) is 6.08. The van der Waals surface area contributed by atoms with Gasteiger partial charge >= 0.3 is 6.03 Å². The number of rotatable bonds is 3. The van der Waals surface area contributed by atoms with E-state index in [0.717, 1.165) is 28.6 Å². The predicted octanol–water partition coefficient (Wildman–Crippen LogP) is 4.88. The molecule has 1 saturated carbocycles. The van der Waals surface area contributed by atoms with Gasteiger partial charge in [0.1, 0.15) is 0 Å². The van der Waals surface area contributed by atoms with E-state index in [2.05, 4.69) is 57.8 Å². The smallest absolute Gasteiger partial charge is 0.319 e. The summed E-state index contributed by atoms with van der Waals surface area (Å²) in [7, 11) is 0. The van der Waals surface area contributed by atoms with Crippen LogP contribution in [0.4, 0.5) is 10.5 Å². The molecule has 0 unspecified atom stereocenters. The molecule has 3 rings (SSSR count). The monoisotopic (exact) mass is 358 g/mol. The number of nitrogens with one attached hydrogen (secondary N) is 2. The first-order valence-corrected chi connectivity index (χ1v) is 8.20. The average molecular weight is 359 g/mol. The Morgan fingerprint density at radius 3 is 2.36 bits per heavy atom. The maximum atomic E-state index is 12.3. The quantitative estimate of drug-likeness (QED) is 0.806. The number of halogens is 1. The average Bonchev–Trinajstić information content (AvgIpc) is 3.23. The van der Waals surface area contributed by atoms with Gasteiger partial charge in [0.25, 0.3) is 0 Å². The van der Waals surface area contributed by atoms with Crippen molar-refractivity contribution in [3.8, 4) is 0 Å². The van der Waals surface area contributed by atoms with Crippen molar-refractivity contribution in [2.45, 2.75) is 32.2 Å². The van der Waals surface area contributed by atoms with Gasteiger partial charge in [0, 0.05) is 10.2 Å². The molecule has 1 fully saturated rings. The summed E-state index contributed by atoms with van der Waals surface area (Å²) in [6, 6.07) is 14.1. The lowest BCUT2D eigenvalue weighted by atomic mass is 10.0. The first-order valence-electron chi connectivity index (χ1n) is 7.41. The van der Waals surface area contributed by atoms with Gasteiger partial charge in [-0.25, -0.2) is 4.79 Å². The fourth-order valence-electron chi connectivity index (χ4n) is 2.62. The van der Waals surface area contributed by atoms with Crippen molar-refractivity contribution in [2.75, 3.05) is 5.32 Å². The molecule has 4 heteroatoms. The molecule has 2 amide bonds. The molecule has 2 aromatic carbocycles. The number of urea groups is 1. The van der Waals surface area contributed by atoms with E-state index in [1.165, 1.54) is 11.1 Å². The van der Waals surface area contributed by atoms with Crippen molar-refractivity contribution in [1.82, 2.24) is 5.32 Å². The Kier molecular flexibility index (Phi) is 3.96. The first kappa shape index (κ1) is 15.1. The van der Waals surface area contributed by atoms with E-state index >= 15 is 0 Å². The normalized spacial score (nSPS) is 15.2.